The molecule has 130 valence electrons. The first-order valence-corrected chi connectivity index (χ1v) is 8.31. The molecule has 0 bridgehead atoms. The van der Waals surface area contributed by atoms with Crippen LogP contribution in [0.3, 0.4) is 0 Å². The van der Waals surface area contributed by atoms with Crippen molar-refractivity contribution in [1.29, 1.82) is 0 Å². The minimum absolute atomic E-state index is 0.190. The van der Waals surface area contributed by atoms with Crippen molar-refractivity contribution in [2.45, 2.75) is 6.42 Å². The average molecular weight is 347 g/mol. The van der Waals surface area contributed by atoms with Crippen molar-refractivity contribution in [3.05, 3.63) is 72.2 Å². The zero-order chi connectivity index (χ0) is 17.9. The molecule has 0 aliphatic heterocycles. The van der Waals surface area contributed by atoms with Crippen LogP contribution in [0.5, 0.6) is 0 Å². The fraction of sp³-hybridized carbons (Fsp3) is 0.150. The number of rotatable bonds is 5. The van der Waals surface area contributed by atoms with E-state index in [1.54, 1.807) is 30.4 Å². The van der Waals surface area contributed by atoms with Gasteiger partial charge in [0.05, 0.1) is 0 Å². The Morgan fingerprint density at radius 1 is 1.08 bits per heavy atom. The van der Waals surface area contributed by atoms with Crippen LogP contribution in [0.15, 0.2) is 69.9 Å². The summed E-state index contributed by atoms with van der Waals surface area (Å²) in [6, 6.07) is 15.0. The van der Waals surface area contributed by atoms with Gasteiger partial charge in [-0.3, -0.25) is 9.78 Å². The summed E-state index contributed by atoms with van der Waals surface area (Å²) in [5, 5.41) is 4.88. The van der Waals surface area contributed by atoms with E-state index in [9.17, 15) is 4.79 Å². The second-order valence-electron chi connectivity index (χ2n) is 6.06. The zero-order valence-electron chi connectivity index (χ0n) is 14.3. The minimum atomic E-state index is -0.190. The highest BCUT2D eigenvalue weighted by Gasteiger charge is 2.19. The van der Waals surface area contributed by atoms with E-state index < -0.39 is 0 Å². The maximum atomic E-state index is 12.5. The molecule has 0 spiro atoms. The van der Waals surface area contributed by atoms with Gasteiger partial charge in [0.15, 0.2) is 11.5 Å². The second kappa shape index (κ2) is 6.84. The number of pyridine rings is 1. The van der Waals surface area contributed by atoms with Crippen LogP contribution in [0, 0.1) is 0 Å². The highest BCUT2D eigenvalue weighted by Crippen LogP contribution is 2.28. The Bertz CT molecular complexity index is 1000. The lowest BCUT2D eigenvalue weighted by atomic mass is 10.2. The van der Waals surface area contributed by atoms with Crippen LogP contribution in [0.1, 0.15) is 16.1 Å². The van der Waals surface area contributed by atoms with E-state index >= 15 is 0 Å². The number of hydrogen-bond acceptors (Lipinski definition) is 5. The van der Waals surface area contributed by atoms with Gasteiger partial charge < -0.3 is 13.8 Å². The molecule has 3 heterocycles. The number of para-hydroxylation sites is 1. The largest absolute Gasteiger partial charge is 0.453 e. The SMILES string of the molecule is CN(CCc1ccncc1)C(=O)c1cc(-c2cc3ccccc3o2)on1. The molecule has 3 aromatic heterocycles. The molecule has 6 heteroatoms. The third-order valence-corrected chi connectivity index (χ3v) is 4.23. The molecule has 0 aliphatic rings. The molecule has 0 saturated heterocycles. The van der Waals surface area contributed by atoms with Crippen molar-refractivity contribution in [2.75, 3.05) is 13.6 Å². The summed E-state index contributed by atoms with van der Waals surface area (Å²) in [4.78, 5) is 18.2. The van der Waals surface area contributed by atoms with E-state index in [2.05, 4.69) is 10.1 Å². The monoisotopic (exact) mass is 347 g/mol. The zero-order valence-corrected chi connectivity index (χ0v) is 14.3. The standard InChI is InChI=1S/C20H17N3O3/c1-23(11-8-14-6-9-21-10-7-14)20(24)16-13-19(26-22-16)18-12-15-4-2-3-5-17(15)25-18/h2-7,9-10,12-13H,8,11H2,1H3. The van der Waals surface area contributed by atoms with Crippen LogP contribution in [-0.2, 0) is 6.42 Å². The Morgan fingerprint density at radius 3 is 2.69 bits per heavy atom. The summed E-state index contributed by atoms with van der Waals surface area (Å²) in [6.07, 6.45) is 4.24. The van der Waals surface area contributed by atoms with Gasteiger partial charge in [-0.1, -0.05) is 23.4 Å². The molecule has 4 rings (SSSR count). The highest BCUT2D eigenvalue weighted by atomic mass is 16.5. The number of fused-ring (bicyclic) bond motifs is 1. The minimum Gasteiger partial charge on any atom is -0.453 e. The number of nitrogens with zero attached hydrogens (tertiary/aromatic N) is 3. The van der Waals surface area contributed by atoms with Gasteiger partial charge in [-0.2, -0.15) is 0 Å². The van der Waals surface area contributed by atoms with Crippen LogP contribution in [-0.4, -0.2) is 34.5 Å². The number of likely N-dealkylation sites (N-methyl/N-ethyl adjacent to an activating group) is 1. The van der Waals surface area contributed by atoms with Gasteiger partial charge >= 0.3 is 0 Å². The Labute approximate surface area is 150 Å². The maximum absolute atomic E-state index is 12.5. The van der Waals surface area contributed by atoms with Crippen molar-refractivity contribution in [3.8, 4) is 11.5 Å². The van der Waals surface area contributed by atoms with Crippen LogP contribution in [0.25, 0.3) is 22.5 Å². The van der Waals surface area contributed by atoms with Crippen LogP contribution in [0.4, 0.5) is 0 Å². The van der Waals surface area contributed by atoms with Crippen LogP contribution >= 0.6 is 0 Å². The first-order chi connectivity index (χ1) is 12.7. The summed E-state index contributed by atoms with van der Waals surface area (Å²) in [5.41, 5.74) is 2.15. The normalized spacial score (nSPS) is 11.0. The fourth-order valence-electron chi connectivity index (χ4n) is 2.74. The van der Waals surface area contributed by atoms with E-state index in [1.165, 1.54) is 0 Å². The van der Waals surface area contributed by atoms with E-state index in [-0.39, 0.29) is 11.6 Å². The molecule has 6 nitrogen and oxygen atoms in total. The first-order valence-electron chi connectivity index (χ1n) is 8.31. The predicted octanol–water partition coefficient (Wildman–Crippen LogP) is 3.80. The van der Waals surface area contributed by atoms with Gasteiger partial charge in [-0.05, 0) is 36.2 Å². The molecule has 0 aliphatic carbocycles. The highest BCUT2D eigenvalue weighted by molar-refractivity contribution is 5.93. The third kappa shape index (κ3) is 3.21. The third-order valence-electron chi connectivity index (χ3n) is 4.23. The Morgan fingerprint density at radius 2 is 1.88 bits per heavy atom. The molecule has 0 N–H and O–H groups in total. The van der Waals surface area contributed by atoms with E-state index in [0.29, 0.717) is 18.1 Å². The molecule has 26 heavy (non-hydrogen) atoms. The number of carbonyl (C=O) groups is 1. The van der Waals surface area contributed by atoms with Gasteiger partial charge in [0.2, 0.25) is 5.76 Å². The topological polar surface area (TPSA) is 72.4 Å². The molecule has 0 atom stereocenters. The van der Waals surface area contributed by atoms with Gasteiger partial charge in [-0.25, -0.2) is 0 Å². The summed E-state index contributed by atoms with van der Waals surface area (Å²) in [5.74, 6) is 0.800. The van der Waals surface area contributed by atoms with Crippen molar-refractivity contribution in [2.24, 2.45) is 0 Å². The molecule has 0 unspecified atom stereocenters. The number of amides is 1. The molecule has 1 aromatic carbocycles. The molecule has 1 amide bonds. The van der Waals surface area contributed by atoms with Crippen molar-refractivity contribution in [3.63, 3.8) is 0 Å². The number of carbonyl (C=O) groups excluding carboxylic acids is 1. The molecular weight excluding hydrogens is 330 g/mol. The van der Waals surface area contributed by atoms with Crippen LogP contribution in [0.2, 0.25) is 0 Å². The lowest BCUT2D eigenvalue weighted by molar-refractivity contribution is 0.0786. The summed E-state index contributed by atoms with van der Waals surface area (Å²) in [7, 11) is 1.75. The number of furan rings is 1. The Kier molecular flexibility index (Phi) is 4.23. The lowest BCUT2D eigenvalue weighted by Gasteiger charge is -2.15. The number of hydrogen-bond donors (Lipinski definition) is 0. The summed E-state index contributed by atoms with van der Waals surface area (Å²) < 4.78 is 11.1. The maximum Gasteiger partial charge on any atom is 0.275 e. The summed E-state index contributed by atoms with van der Waals surface area (Å²) >= 11 is 0. The quantitative estimate of drug-likeness (QED) is 0.549. The van der Waals surface area contributed by atoms with E-state index in [4.69, 9.17) is 8.94 Å². The van der Waals surface area contributed by atoms with Crippen LogP contribution < -0.4 is 0 Å². The van der Waals surface area contributed by atoms with Gasteiger partial charge in [-0.15, -0.1) is 0 Å². The number of benzene rings is 1. The molecule has 0 radical (unpaired) electrons. The first kappa shape index (κ1) is 16.1. The van der Waals surface area contributed by atoms with Gasteiger partial charge in [0, 0.05) is 37.4 Å². The Balaban J connectivity index is 1.47. The van der Waals surface area contributed by atoms with E-state index in [1.807, 2.05) is 42.5 Å². The van der Waals surface area contributed by atoms with Gasteiger partial charge in [0.1, 0.15) is 5.58 Å². The lowest BCUT2D eigenvalue weighted by Crippen LogP contribution is -2.29. The molecule has 4 aromatic rings. The fourth-order valence-corrected chi connectivity index (χ4v) is 2.74. The predicted molar refractivity (Wildman–Crippen MR) is 96.6 cm³/mol. The van der Waals surface area contributed by atoms with Gasteiger partial charge in [0.25, 0.3) is 5.91 Å². The molecule has 0 fully saturated rings. The smallest absolute Gasteiger partial charge is 0.275 e. The summed E-state index contributed by atoms with van der Waals surface area (Å²) in [6.45, 7) is 0.579. The molecular formula is C20H17N3O3. The average Bonchev–Trinajstić information content (AvgIpc) is 3.33. The van der Waals surface area contributed by atoms with Crippen molar-refractivity contribution < 1.29 is 13.7 Å². The molecule has 0 saturated carbocycles. The van der Waals surface area contributed by atoms with E-state index in [0.717, 1.165) is 23.0 Å². The Hall–Kier alpha value is -3.41. The van der Waals surface area contributed by atoms with Crippen molar-refractivity contribution in [1.82, 2.24) is 15.0 Å². The second-order valence-corrected chi connectivity index (χ2v) is 6.06. The van der Waals surface area contributed by atoms with Crippen molar-refractivity contribution >= 4 is 16.9 Å². The number of aromatic nitrogens is 2.